The van der Waals surface area contributed by atoms with E-state index in [9.17, 15) is 0 Å². The van der Waals surface area contributed by atoms with Gasteiger partial charge in [-0.1, -0.05) is 20.8 Å². The average Bonchev–Trinajstić information content (AvgIpc) is 2.63. The lowest BCUT2D eigenvalue weighted by molar-refractivity contribution is 0.361. The minimum atomic E-state index is 0.452. The Hall–Kier alpha value is -0.540. The zero-order chi connectivity index (χ0) is 12.0. The summed E-state index contributed by atoms with van der Waals surface area (Å²) in [6.45, 7) is 8.92. The molecule has 16 heavy (non-hydrogen) atoms. The lowest BCUT2D eigenvalue weighted by atomic mass is 9.91. The van der Waals surface area contributed by atoms with E-state index in [1.807, 2.05) is 6.07 Å². The van der Waals surface area contributed by atoms with Crippen molar-refractivity contribution in [3.8, 4) is 5.06 Å². The first-order chi connectivity index (χ1) is 7.51. The molecule has 3 heteroatoms. The minimum absolute atomic E-state index is 0.452. The first kappa shape index (κ1) is 13.5. The van der Waals surface area contributed by atoms with Gasteiger partial charge in [0.15, 0.2) is 5.06 Å². The standard InChI is InChI=1S/C13H23NOS/c1-13(2,3)8-5-9-14-10-11-6-7-12(15-4)16-11/h6-7,14H,5,8-10H2,1-4H3. The fourth-order valence-electron chi connectivity index (χ4n) is 1.52. The van der Waals surface area contributed by atoms with Gasteiger partial charge in [-0.2, -0.15) is 0 Å². The highest BCUT2D eigenvalue weighted by molar-refractivity contribution is 7.13. The third kappa shape index (κ3) is 5.52. The average molecular weight is 241 g/mol. The smallest absolute Gasteiger partial charge is 0.173 e. The molecule has 1 N–H and O–H groups in total. The number of ether oxygens (including phenoxy) is 1. The number of methoxy groups -OCH3 is 1. The quantitative estimate of drug-likeness (QED) is 0.767. The summed E-state index contributed by atoms with van der Waals surface area (Å²) in [5.74, 6) is 0. The zero-order valence-electron chi connectivity index (χ0n) is 10.8. The molecule has 1 rings (SSSR count). The minimum Gasteiger partial charge on any atom is -0.487 e. The molecule has 0 aliphatic rings. The Morgan fingerprint density at radius 1 is 1.31 bits per heavy atom. The van der Waals surface area contributed by atoms with Gasteiger partial charge in [0, 0.05) is 11.4 Å². The summed E-state index contributed by atoms with van der Waals surface area (Å²) in [7, 11) is 1.71. The number of thiophene rings is 1. The molecule has 1 heterocycles. The Kier molecular flexibility index (Phi) is 5.29. The maximum Gasteiger partial charge on any atom is 0.173 e. The van der Waals surface area contributed by atoms with Crippen molar-refractivity contribution in [1.82, 2.24) is 5.32 Å². The molecule has 1 aromatic rings. The van der Waals surface area contributed by atoms with E-state index in [2.05, 4.69) is 32.2 Å². The predicted molar refractivity (Wildman–Crippen MR) is 71.3 cm³/mol. The topological polar surface area (TPSA) is 21.3 Å². The molecule has 0 atom stereocenters. The molecule has 0 radical (unpaired) electrons. The van der Waals surface area contributed by atoms with Crippen LogP contribution in [0.3, 0.4) is 0 Å². The molecule has 0 saturated carbocycles. The van der Waals surface area contributed by atoms with Crippen LogP contribution >= 0.6 is 11.3 Å². The van der Waals surface area contributed by atoms with Crippen molar-refractivity contribution in [3.63, 3.8) is 0 Å². The maximum absolute atomic E-state index is 5.16. The molecule has 0 unspecified atom stereocenters. The number of hydrogen-bond donors (Lipinski definition) is 1. The largest absolute Gasteiger partial charge is 0.487 e. The van der Waals surface area contributed by atoms with E-state index in [-0.39, 0.29) is 0 Å². The van der Waals surface area contributed by atoms with Crippen molar-refractivity contribution in [1.29, 1.82) is 0 Å². The van der Waals surface area contributed by atoms with Crippen molar-refractivity contribution in [2.24, 2.45) is 5.41 Å². The Balaban J connectivity index is 2.11. The van der Waals surface area contributed by atoms with Crippen LogP contribution in [0.4, 0.5) is 0 Å². The van der Waals surface area contributed by atoms with Gasteiger partial charge >= 0.3 is 0 Å². The second-order valence-corrected chi connectivity index (χ2v) is 6.40. The van der Waals surface area contributed by atoms with Crippen LogP contribution in [0.2, 0.25) is 0 Å². The Labute approximate surface area is 103 Å². The summed E-state index contributed by atoms with van der Waals surface area (Å²) in [6, 6.07) is 4.15. The molecule has 0 spiro atoms. The molecule has 0 fully saturated rings. The molecule has 0 amide bonds. The number of hydrogen-bond acceptors (Lipinski definition) is 3. The van der Waals surface area contributed by atoms with Gasteiger partial charge in [0.2, 0.25) is 0 Å². The van der Waals surface area contributed by atoms with E-state index in [1.54, 1.807) is 18.4 Å². The molecule has 2 nitrogen and oxygen atoms in total. The third-order valence-electron chi connectivity index (χ3n) is 2.42. The SMILES string of the molecule is COc1ccc(CNCCCC(C)(C)C)s1. The fraction of sp³-hybridized carbons (Fsp3) is 0.692. The predicted octanol–water partition coefficient (Wildman–Crippen LogP) is 3.67. The first-order valence-corrected chi connectivity index (χ1v) is 6.66. The summed E-state index contributed by atoms with van der Waals surface area (Å²) in [4.78, 5) is 1.34. The van der Waals surface area contributed by atoms with Crippen LogP contribution in [-0.2, 0) is 6.54 Å². The lowest BCUT2D eigenvalue weighted by Gasteiger charge is -2.17. The van der Waals surface area contributed by atoms with Crippen LogP contribution in [0, 0.1) is 5.41 Å². The highest BCUT2D eigenvalue weighted by atomic mass is 32.1. The van der Waals surface area contributed by atoms with Crippen molar-refractivity contribution >= 4 is 11.3 Å². The molecule has 0 saturated heterocycles. The second-order valence-electron chi connectivity index (χ2n) is 5.27. The van der Waals surface area contributed by atoms with Crippen molar-refractivity contribution in [2.75, 3.05) is 13.7 Å². The highest BCUT2D eigenvalue weighted by Crippen LogP contribution is 2.23. The van der Waals surface area contributed by atoms with Gasteiger partial charge in [-0.15, -0.1) is 11.3 Å². The summed E-state index contributed by atoms with van der Waals surface area (Å²) in [5, 5.41) is 4.46. The van der Waals surface area contributed by atoms with Gasteiger partial charge < -0.3 is 10.1 Å². The molecule has 0 aromatic carbocycles. The van der Waals surface area contributed by atoms with Gasteiger partial charge in [0.25, 0.3) is 0 Å². The summed E-state index contributed by atoms with van der Waals surface area (Å²) >= 11 is 1.71. The van der Waals surface area contributed by atoms with Gasteiger partial charge in [-0.25, -0.2) is 0 Å². The van der Waals surface area contributed by atoms with Gasteiger partial charge in [0.1, 0.15) is 0 Å². The van der Waals surface area contributed by atoms with Crippen molar-refractivity contribution < 1.29 is 4.74 Å². The molecular weight excluding hydrogens is 218 g/mol. The van der Waals surface area contributed by atoms with Crippen LogP contribution < -0.4 is 10.1 Å². The molecule has 92 valence electrons. The monoisotopic (exact) mass is 241 g/mol. The highest BCUT2D eigenvalue weighted by Gasteiger charge is 2.08. The summed E-state index contributed by atoms with van der Waals surface area (Å²) < 4.78 is 5.16. The van der Waals surface area contributed by atoms with Crippen LogP contribution in [-0.4, -0.2) is 13.7 Å². The van der Waals surface area contributed by atoms with E-state index >= 15 is 0 Å². The zero-order valence-corrected chi connectivity index (χ0v) is 11.6. The number of nitrogens with one attached hydrogen (secondary N) is 1. The van der Waals surface area contributed by atoms with Gasteiger partial charge in [-0.05, 0) is 36.9 Å². The van der Waals surface area contributed by atoms with E-state index in [0.29, 0.717) is 5.41 Å². The van der Waals surface area contributed by atoms with E-state index in [4.69, 9.17) is 4.74 Å². The van der Waals surface area contributed by atoms with E-state index in [0.717, 1.165) is 18.2 Å². The lowest BCUT2D eigenvalue weighted by Crippen LogP contribution is -2.16. The Morgan fingerprint density at radius 2 is 2.06 bits per heavy atom. The van der Waals surface area contributed by atoms with E-state index < -0.39 is 0 Å². The number of rotatable bonds is 6. The van der Waals surface area contributed by atoms with Crippen molar-refractivity contribution in [2.45, 2.75) is 40.2 Å². The first-order valence-electron chi connectivity index (χ1n) is 5.85. The maximum atomic E-state index is 5.16. The Morgan fingerprint density at radius 3 is 2.62 bits per heavy atom. The third-order valence-corrected chi connectivity index (χ3v) is 3.46. The molecule has 1 aromatic heterocycles. The normalized spacial score (nSPS) is 11.8. The van der Waals surface area contributed by atoms with Crippen molar-refractivity contribution in [3.05, 3.63) is 17.0 Å². The van der Waals surface area contributed by atoms with Crippen LogP contribution in [0.15, 0.2) is 12.1 Å². The van der Waals surface area contributed by atoms with Gasteiger partial charge in [0.05, 0.1) is 7.11 Å². The van der Waals surface area contributed by atoms with E-state index in [1.165, 1.54) is 17.7 Å². The Bertz CT molecular complexity index is 301. The van der Waals surface area contributed by atoms with Gasteiger partial charge in [-0.3, -0.25) is 0 Å². The molecular formula is C13H23NOS. The summed E-state index contributed by atoms with van der Waals surface area (Å²) in [5.41, 5.74) is 0.452. The summed E-state index contributed by atoms with van der Waals surface area (Å²) in [6.07, 6.45) is 2.51. The van der Waals surface area contributed by atoms with Crippen LogP contribution in [0.5, 0.6) is 5.06 Å². The van der Waals surface area contributed by atoms with Crippen LogP contribution in [0.25, 0.3) is 0 Å². The molecule has 0 bridgehead atoms. The second kappa shape index (κ2) is 6.26. The fourth-order valence-corrected chi connectivity index (χ4v) is 2.31. The molecule has 0 aliphatic heterocycles. The van der Waals surface area contributed by atoms with Crippen LogP contribution in [0.1, 0.15) is 38.5 Å². The molecule has 0 aliphatic carbocycles.